The van der Waals surface area contributed by atoms with Crippen LogP contribution in [0, 0.1) is 6.92 Å². The quantitative estimate of drug-likeness (QED) is 0.397. The Labute approximate surface area is 186 Å². The zero-order chi connectivity index (χ0) is 19.7. The van der Waals surface area contributed by atoms with E-state index in [2.05, 4.69) is 47.5 Å². The smallest absolute Gasteiger partial charge is 0.261 e. The molecule has 1 amide bonds. The summed E-state index contributed by atoms with van der Waals surface area (Å²) >= 11 is 19.5. The first-order valence-electron chi connectivity index (χ1n) is 7.50. The lowest BCUT2D eigenvalue weighted by atomic mass is 10.2. The van der Waals surface area contributed by atoms with Gasteiger partial charge in [0.15, 0.2) is 10.2 Å². The number of thiazole rings is 1. The molecule has 0 radical (unpaired) electrons. The normalized spacial score (nSPS) is 10.7. The van der Waals surface area contributed by atoms with Crippen molar-refractivity contribution in [2.45, 2.75) is 6.92 Å². The minimum absolute atomic E-state index is 0.139. The molecule has 0 aliphatic rings. The van der Waals surface area contributed by atoms with Crippen molar-refractivity contribution >= 4 is 93.4 Å². The molecule has 140 valence electrons. The Morgan fingerprint density at radius 2 is 2.04 bits per heavy atom. The average molecular weight is 550 g/mol. The molecule has 0 aliphatic heterocycles. The topological polar surface area (TPSA) is 63.2 Å². The van der Waals surface area contributed by atoms with Crippen LogP contribution < -0.4 is 15.4 Å². The first-order valence-corrected chi connectivity index (χ1v) is 10.7. The third-order valence-corrected chi connectivity index (χ3v) is 6.17. The maximum atomic E-state index is 12.6. The van der Waals surface area contributed by atoms with Crippen LogP contribution in [0.25, 0.3) is 10.2 Å². The highest BCUT2D eigenvalue weighted by molar-refractivity contribution is 9.11. The van der Waals surface area contributed by atoms with Gasteiger partial charge in [-0.05, 0) is 64.9 Å². The van der Waals surface area contributed by atoms with Crippen LogP contribution in [0.1, 0.15) is 15.9 Å². The second-order valence-electron chi connectivity index (χ2n) is 5.46. The van der Waals surface area contributed by atoms with Crippen LogP contribution in [-0.2, 0) is 0 Å². The van der Waals surface area contributed by atoms with E-state index in [0.717, 1.165) is 20.3 Å². The number of nitrogens with one attached hydrogen (secondary N) is 2. The van der Waals surface area contributed by atoms with Crippen LogP contribution in [0.4, 0.5) is 5.13 Å². The van der Waals surface area contributed by atoms with E-state index in [9.17, 15) is 4.79 Å². The Bertz CT molecular complexity index is 1030. The Morgan fingerprint density at radius 3 is 2.74 bits per heavy atom. The summed E-state index contributed by atoms with van der Waals surface area (Å²) in [5, 5.41) is 6.94. The number of amides is 1. The maximum Gasteiger partial charge on any atom is 0.261 e. The van der Waals surface area contributed by atoms with Gasteiger partial charge in [0.05, 0.1) is 27.4 Å². The number of methoxy groups -OCH3 is 1. The molecule has 3 rings (SSSR count). The largest absolute Gasteiger partial charge is 0.495 e. The monoisotopic (exact) mass is 547 g/mol. The van der Waals surface area contributed by atoms with E-state index in [4.69, 9.17) is 28.6 Å². The lowest BCUT2D eigenvalue weighted by Crippen LogP contribution is -2.34. The van der Waals surface area contributed by atoms with Crippen molar-refractivity contribution in [2.75, 3.05) is 12.4 Å². The van der Waals surface area contributed by atoms with E-state index in [1.165, 1.54) is 18.4 Å². The van der Waals surface area contributed by atoms with Crippen LogP contribution in [0.15, 0.2) is 33.2 Å². The van der Waals surface area contributed by atoms with Gasteiger partial charge in [0.1, 0.15) is 5.75 Å². The summed E-state index contributed by atoms with van der Waals surface area (Å²) < 4.78 is 7.67. The van der Waals surface area contributed by atoms with Crippen LogP contribution in [0.3, 0.4) is 0 Å². The highest BCUT2D eigenvalue weighted by Crippen LogP contribution is 2.33. The number of rotatable bonds is 3. The molecule has 0 saturated heterocycles. The number of hydrogen-bond acceptors (Lipinski definition) is 5. The van der Waals surface area contributed by atoms with Crippen molar-refractivity contribution in [1.29, 1.82) is 0 Å². The molecule has 0 spiro atoms. The molecule has 27 heavy (non-hydrogen) atoms. The second-order valence-corrected chi connectivity index (χ2v) is 9.08. The molecule has 10 heteroatoms. The summed E-state index contributed by atoms with van der Waals surface area (Å²) in [4.78, 5) is 17.0. The van der Waals surface area contributed by atoms with Gasteiger partial charge in [-0.1, -0.05) is 38.9 Å². The SMILES string of the molecule is COc1c(Br)cc(Br)cc1C(=O)NC(=S)Nc1nc2cc(Cl)c(C)cc2s1. The van der Waals surface area contributed by atoms with Crippen LogP contribution in [0.5, 0.6) is 5.75 Å². The lowest BCUT2D eigenvalue weighted by molar-refractivity contribution is 0.0974. The fraction of sp³-hybridized carbons (Fsp3) is 0.118. The Kier molecular flexibility index (Phi) is 6.37. The number of carbonyl (C=O) groups excluding carboxylic acids is 1. The average Bonchev–Trinajstić information content (AvgIpc) is 2.95. The minimum atomic E-state index is -0.397. The number of carbonyl (C=O) groups is 1. The number of halogens is 3. The van der Waals surface area contributed by atoms with Crippen LogP contribution in [0.2, 0.25) is 5.02 Å². The minimum Gasteiger partial charge on any atom is -0.495 e. The van der Waals surface area contributed by atoms with E-state index in [-0.39, 0.29) is 5.11 Å². The number of anilines is 1. The molecule has 0 unspecified atom stereocenters. The molecule has 0 fully saturated rings. The number of aryl methyl sites for hydroxylation is 1. The zero-order valence-electron chi connectivity index (χ0n) is 14.0. The Morgan fingerprint density at radius 1 is 1.30 bits per heavy atom. The molecule has 2 aromatic carbocycles. The third-order valence-electron chi connectivity index (χ3n) is 3.57. The summed E-state index contributed by atoms with van der Waals surface area (Å²) in [7, 11) is 1.50. The van der Waals surface area contributed by atoms with Gasteiger partial charge in [0.25, 0.3) is 5.91 Å². The predicted octanol–water partition coefficient (Wildman–Crippen LogP) is 5.92. The molecule has 2 N–H and O–H groups in total. The molecule has 0 bridgehead atoms. The second kappa shape index (κ2) is 8.40. The summed E-state index contributed by atoms with van der Waals surface area (Å²) in [6.45, 7) is 1.93. The zero-order valence-corrected chi connectivity index (χ0v) is 19.6. The fourth-order valence-electron chi connectivity index (χ4n) is 2.34. The highest BCUT2D eigenvalue weighted by atomic mass is 79.9. The lowest BCUT2D eigenvalue weighted by Gasteiger charge is -2.12. The summed E-state index contributed by atoms with van der Waals surface area (Å²) in [5.41, 5.74) is 2.09. The molecule has 0 aliphatic carbocycles. The van der Waals surface area contributed by atoms with Crippen molar-refractivity contribution < 1.29 is 9.53 Å². The van der Waals surface area contributed by atoms with Gasteiger partial charge in [-0.25, -0.2) is 4.98 Å². The van der Waals surface area contributed by atoms with Crippen molar-refractivity contribution in [2.24, 2.45) is 0 Å². The number of benzene rings is 2. The van der Waals surface area contributed by atoms with E-state index >= 15 is 0 Å². The third kappa shape index (κ3) is 4.60. The number of fused-ring (bicyclic) bond motifs is 1. The summed E-state index contributed by atoms with van der Waals surface area (Å²) in [6, 6.07) is 7.22. The molecular weight excluding hydrogens is 538 g/mol. The summed E-state index contributed by atoms with van der Waals surface area (Å²) in [6.07, 6.45) is 0. The van der Waals surface area contributed by atoms with Gasteiger partial charge < -0.3 is 10.1 Å². The van der Waals surface area contributed by atoms with Gasteiger partial charge in [-0.2, -0.15) is 0 Å². The molecule has 0 atom stereocenters. The molecule has 0 saturated carbocycles. The Hall–Kier alpha value is -1.26. The van der Waals surface area contributed by atoms with E-state index in [1.807, 2.05) is 13.0 Å². The molecule has 1 aromatic heterocycles. The van der Waals surface area contributed by atoms with E-state index in [0.29, 0.717) is 25.9 Å². The molecular formula is C17H12Br2ClN3O2S2. The van der Waals surface area contributed by atoms with Crippen molar-refractivity contribution in [3.63, 3.8) is 0 Å². The van der Waals surface area contributed by atoms with Crippen molar-refractivity contribution in [3.8, 4) is 5.75 Å². The first kappa shape index (κ1) is 20.5. The number of hydrogen-bond donors (Lipinski definition) is 2. The number of thiocarbonyl (C=S) groups is 1. The number of ether oxygens (including phenoxy) is 1. The van der Waals surface area contributed by atoms with Gasteiger partial charge in [0.2, 0.25) is 0 Å². The number of aromatic nitrogens is 1. The fourth-order valence-corrected chi connectivity index (χ4v) is 5.09. The van der Waals surface area contributed by atoms with Gasteiger partial charge in [-0.3, -0.25) is 10.1 Å². The molecule has 1 heterocycles. The van der Waals surface area contributed by atoms with E-state index < -0.39 is 5.91 Å². The predicted molar refractivity (Wildman–Crippen MR) is 121 cm³/mol. The first-order chi connectivity index (χ1) is 12.8. The molecule has 3 aromatic rings. The Balaban J connectivity index is 1.77. The van der Waals surface area contributed by atoms with Crippen LogP contribution >= 0.6 is 67.0 Å². The van der Waals surface area contributed by atoms with Gasteiger partial charge >= 0.3 is 0 Å². The maximum absolute atomic E-state index is 12.6. The van der Waals surface area contributed by atoms with Gasteiger partial charge in [-0.15, -0.1) is 0 Å². The van der Waals surface area contributed by atoms with Crippen molar-refractivity contribution in [1.82, 2.24) is 10.3 Å². The number of nitrogens with zero attached hydrogens (tertiary/aromatic N) is 1. The van der Waals surface area contributed by atoms with Gasteiger partial charge in [0, 0.05) is 9.50 Å². The summed E-state index contributed by atoms with van der Waals surface area (Å²) in [5.74, 6) is 0.0231. The molecule has 5 nitrogen and oxygen atoms in total. The van der Waals surface area contributed by atoms with Crippen molar-refractivity contribution in [3.05, 3.63) is 49.4 Å². The standard InChI is InChI=1S/C17H12Br2ClN3O2S2/c1-7-3-13-12(6-11(7)20)21-17(27-13)23-16(26)22-15(24)9-4-8(18)5-10(19)14(9)25-2/h3-6H,1-2H3,(H2,21,22,23,24,26). The van der Waals surface area contributed by atoms with Crippen LogP contribution in [-0.4, -0.2) is 23.1 Å². The highest BCUT2D eigenvalue weighted by Gasteiger charge is 2.18. The van der Waals surface area contributed by atoms with E-state index in [1.54, 1.807) is 18.2 Å².